The number of nitrogens with zero attached hydrogens (tertiary/aromatic N) is 1. The van der Waals surface area contributed by atoms with E-state index >= 15 is 0 Å². The standard InChI is InChI=1S/C13H17N3O2/c1-9-8-12(18)15-16-13(9)10-2-4-11(5-3-10)14-6-7-17/h2-5,9,14,17H,6-8H2,1H3,(H,15,18). The summed E-state index contributed by atoms with van der Waals surface area (Å²) in [6.07, 6.45) is 0.476. The minimum Gasteiger partial charge on any atom is -0.395 e. The molecule has 1 atom stereocenters. The molecule has 5 heteroatoms. The number of aliphatic hydroxyl groups excluding tert-OH is 1. The number of carbonyl (C=O) groups excluding carboxylic acids is 1. The first kappa shape index (κ1) is 12.6. The van der Waals surface area contributed by atoms with Crippen molar-refractivity contribution in [3.05, 3.63) is 29.8 Å². The number of nitrogens with one attached hydrogen (secondary N) is 2. The zero-order valence-electron chi connectivity index (χ0n) is 10.3. The van der Waals surface area contributed by atoms with Gasteiger partial charge in [0.15, 0.2) is 0 Å². The number of carbonyl (C=O) groups is 1. The third kappa shape index (κ3) is 2.87. The van der Waals surface area contributed by atoms with Gasteiger partial charge in [0.2, 0.25) is 5.91 Å². The minimum absolute atomic E-state index is 0.0347. The van der Waals surface area contributed by atoms with Gasteiger partial charge in [-0.3, -0.25) is 4.79 Å². The van der Waals surface area contributed by atoms with Crippen molar-refractivity contribution in [1.82, 2.24) is 5.43 Å². The van der Waals surface area contributed by atoms with Gasteiger partial charge in [-0.2, -0.15) is 5.10 Å². The van der Waals surface area contributed by atoms with Crippen LogP contribution in [0.15, 0.2) is 29.4 Å². The highest BCUT2D eigenvalue weighted by Crippen LogP contribution is 2.18. The van der Waals surface area contributed by atoms with Crippen LogP contribution in [0.3, 0.4) is 0 Å². The Morgan fingerprint density at radius 1 is 1.44 bits per heavy atom. The van der Waals surface area contributed by atoms with Gasteiger partial charge in [0, 0.05) is 24.6 Å². The van der Waals surface area contributed by atoms with Crippen molar-refractivity contribution in [3.63, 3.8) is 0 Å². The van der Waals surface area contributed by atoms with Crippen molar-refractivity contribution in [3.8, 4) is 0 Å². The molecule has 0 fully saturated rings. The largest absolute Gasteiger partial charge is 0.395 e. The van der Waals surface area contributed by atoms with Crippen LogP contribution in [-0.2, 0) is 4.79 Å². The number of hydrogen-bond acceptors (Lipinski definition) is 4. The molecule has 0 aromatic heterocycles. The molecule has 96 valence electrons. The number of benzene rings is 1. The second-order valence-corrected chi connectivity index (χ2v) is 4.36. The minimum atomic E-state index is -0.0347. The van der Waals surface area contributed by atoms with Crippen LogP contribution in [0, 0.1) is 5.92 Å². The predicted molar refractivity (Wildman–Crippen MR) is 70.5 cm³/mol. The summed E-state index contributed by atoms with van der Waals surface area (Å²) in [6.45, 7) is 2.64. The third-order valence-corrected chi connectivity index (χ3v) is 2.88. The lowest BCUT2D eigenvalue weighted by molar-refractivity contribution is -0.121. The van der Waals surface area contributed by atoms with Gasteiger partial charge in [0.25, 0.3) is 0 Å². The molecule has 0 radical (unpaired) electrons. The van der Waals surface area contributed by atoms with Gasteiger partial charge in [0.05, 0.1) is 12.3 Å². The van der Waals surface area contributed by atoms with Crippen molar-refractivity contribution >= 4 is 17.3 Å². The van der Waals surface area contributed by atoms with Crippen LogP contribution in [0.5, 0.6) is 0 Å². The molecule has 0 saturated heterocycles. The van der Waals surface area contributed by atoms with Gasteiger partial charge in [-0.05, 0) is 17.7 Å². The maximum Gasteiger partial charge on any atom is 0.240 e. The summed E-state index contributed by atoms with van der Waals surface area (Å²) in [5.41, 5.74) is 5.39. The van der Waals surface area contributed by atoms with E-state index in [-0.39, 0.29) is 18.4 Å². The molecule has 3 N–H and O–H groups in total. The number of rotatable bonds is 4. The van der Waals surface area contributed by atoms with Crippen LogP contribution in [-0.4, -0.2) is 29.9 Å². The van der Waals surface area contributed by atoms with E-state index in [0.717, 1.165) is 17.0 Å². The van der Waals surface area contributed by atoms with Crippen LogP contribution < -0.4 is 10.7 Å². The summed E-state index contributed by atoms with van der Waals surface area (Å²) in [7, 11) is 0. The van der Waals surface area contributed by atoms with Gasteiger partial charge < -0.3 is 10.4 Å². The molecule has 0 aliphatic carbocycles. The Morgan fingerprint density at radius 3 is 2.78 bits per heavy atom. The highest BCUT2D eigenvalue weighted by Gasteiger charge is 2.21. The molecule has 2 rings (SSSR count). The molecule has 1 aromatic carbocycles. The van der Waals surface area contributed by atoms with E-state index in [1.807, 2.05) is 31.2 Å². The summed E-state index contributed by atoms with van der Waals surface area (Å²) in [4.78, 5) is 11.2. The first-order chi connectivity index (χ1) is 8.70. The average Bonchev–Trinajstić information content (AvgIpc) is 2.37. The van der Waals surface area contributed by atoms with E-state index < -0.39 is 0 Å². The van der Waals surface area contributed by atoms with Crippen LogP contribution in [0.4, 0.5) is 5.69 Å². The number of amides is 1. The molecule has 18 heavy (non-hydrogen) atoms. The SMILES string of the molecule is CC1CC(=O)NN=C1c1ccc(NCCO)cc1. The Balaban J connectivity index is 2.12. The predicted octanol–water partition coefficient (Wildman–Crippen LogP) is 0.951. The molecule has 1 aromatic rings. The van der Waals surface area contributed by atoms with E-state index in [9.17, 15) is 4.79 Å². The first-order valence-electron chi connectivity index (χ1n) is 6.02. The van der Waals surface area contributed by atoms with Crippen molar-refractivity contribution in [2.75, 3.05) is 18.5 Å². The second kappa shape index (κ2) is 5.64. The Hall–Kier alpha value is -1.88. The topological polar surface area (TPSA) is 73.7 Å². The lowest BCUT2D eigenvalue weighted by atomic mass is 9.94. The van der Waals surface area contributed by atoms with Gasteiger partial charge in [-0.15, -0.1) is 0 Å². The molecule has 1 amide bonds. The summed E-state index contributed by atoms with van der Waals surface area (Å²) in [5.74, 6) is 0.0995. The van der Waals surface area contributed by atoms with Gasteiger partial charge in [-0.25, -0.2) is 5.43 Å². The fourth-order valence-corrected chi connectivity index (χ4v) is 1.96. The normalized spacial score (nSPS) is 19.1. The van der Waals surface area contributed by atoms with Crippen molar-refractivity contribution in [2.45, 2.75) is 13.3 Å². The third-order valence-electron chi connectivity index (χ3n) is 2.88. The van der Waals surface area contributed by atoms with Crippen molar-refractivity contribution in [2.24, 2.45) is 11.0 Å². The fraction of sp³-hybridized carbons (Fsp3) is 0.385. The Morgan fingerprint density at radius 2 is 2.17 bits per heavy atom. The van der Waals surface area contributed by atoms with Gasteiger partial charge in [-0.1, -0.05) is 19.1 Å². The number of hydrazone groups is 1. The summed E-state index contributed by atoms with van der Waals surface area (Å²) in [6, 6.07) is 7.81. The van der Waals surface area contributed by atoms with Crippen molar-refractivity contribution < 1.29 is 9.90 Å². The van der Waals surface area contributed by atoms with Crippen LogP contribution in [0.2, 0.25) is 0 Å². The van der Waals surface area contributed by atoms with Crippen LogP contribution in [0.25, 0.3) is 0 Å². The molecule has 1 heterocycles. The maximum absolute atomic E-state index is 11.2. The van der Waals surface area contributed by atoms with E-state index in [2.05, 4.69) is 15.8 Å². The zero-order chi connectivity index (χ0) is 13.0. The number of hydrogen-bond donors (Lipinski definition) is 3. The molecule has 1 aliphatic rings. The highest BCUT2D eigenvalue weighted by molar-refractivity contribution is 6.05. The average molecular weight is 247 g/mol. The Bertz CT molecular complexity index is 454. The zero-order valence-corrected chi connectivity index (χ0v) is 10.3. The molecule has 0 spiro atoms. The molecular formula is C13H17N3O2. The van der Waals surface area contributed by atoms with Gasteiger partial charge >= 0.3 is 0 Å². The first-order valence-corrected chi connectivity index (χ1v) is 6.02. The van der Waals surface area contributed by atoms with Crippen LogP contribution in [0.1, 0.15) is 18.9 Å². The summed E-state index contributed by atoms with van der Waals surface area (Å²) < 4.78 is 0. The lowest BCUT2D eigenvalue weighted by Gasteiger charge is -2.19. The van der Waals surface area contributed by atoms with E-state index in [0.29, 0.717) is 13.0 Å². The smallest absolute Gasteiger partial charge is 0.240 e. The Kier molecular flexibility index (Phi) is 3.94. The fourth-order valence-electron chi connectivity index (χ4n) is 1.96. The number of anilines is 1. The molecule has 5 nitrogen and oxygen atoms in total. The lowest BCUT2D eigenvalue weighted by Crippen LogP contribution is -2.31. The highest BCUT2D eigenvalue weighted by atomic mass is 16.3. The van der Waals surface area contributed by atoms with E-state index in [1.54, 1.807) is 0 Å². The Labute approximate surface area is 106 Å². The van der Waals surface area contributed by atoms with Crippen molar-refractivity contribution in [1.29, 1.82) is 0 Å². The molecule has 1 aliphatic heterocycles. The second-order valence-electron chi connectivity index (χ2n) is 4.36. The van der Waals surface area contributed by atoms with Gasteiger partial charge in [0.1, 0.15) is 0 Å². The van der Waals surface area contributed by atoms with E-state index in [1.165, 1.54) is 0 Å². The number of aliphatic hydroxyl groups is 1. The molecule has 0 bridgehead atoms. The monoisotopic (exact) mass is 247 g/mol. The molecular weight excluding hydrogens is 230 g/mol. The van der Waals surface area contributed by atoms with Crippen LogP contribution >= 0.6 is 0 Å². The quantitative estimate of drug-likeness (QED) is 0.741. The molecule has 0 saturated carbocycles. The molecule has 1 unspecified atom stereocenters. The summed E-state index contributed by atoms with van der Waals surface area (Å²) >= 11 is 0. The maximum atomic E-state index is 11.2. The van der Waals surface area contributed by atoms with E-state index in [4.69, 9.17) is 5.11 Å². The summed E-state index contributed by atoms with van der Waals surface area (Å²) in [5, 5.41) is 15.9.